The molecule has 0 radical (unpaired) electrons. The van der Waals surface area contributed by atoms with E-state index in [0.717, 1.165) is 13.0 Å². The quantitative estimate of drug-likeness (QED) is 0.684. The van der Waals surface area contributed by atoms with Crippen LogP contribution in [-0.2, 0) is 4.79 Å². The number of nitrogens with zero attached hydrogens (tertiary/aromatic N) is 1. The molecule has 0 spiro atoms. The van der Waals surface area contributed by atoms with Gasteiger partial charge in [0.2, 0.25) is 0 Å². The highest BCUT2D eigenvalue weighted by Crippen LogP contribution is 2.19. The van der Waals surface area contributed by atoms with Crippen molar-refractivity contribution < 1.29 is 9.90 Å². The van der Waals surface area contributed by atoms with Gasteiger partial charge in [0.25, 0.3) is 0 Å². The summed E-state index contributed by atoms with van der Waals surface area (Å²) in [6.45, 7) is 1.01. The summed E-state index contributed by atoms with van der Waals surface area (Å²) in [5.41, 5.74) is 1.51. The summed E-state index contributed by atoms with van der Waals surface area (Å²) < 4.78 is 0. The third-order valence-electron chi connectivity index (χ3n) is 2.60. The van der Waals surface area contributed by atoms with Crippen molar-refractivity contribution in [2.24, 2.45) is 0 Å². The summed E-state index contributed by atoms with van der Waals surface area (Å²) >= 11 is 0. The Bertz CT molecular complexity index is 223. The number of likely N-dealkylation sites (N-methyl/N-ethyl adjacent to an activating group) is 1. The maximum Gasteiger partial charge on any atom is 0.317 e. The minimum Gasteiger partial charge on any atom is -0.480 e. The first kappa shape index (κ1) is 11.2. The van der Waals surface area contributed by atoms with E-state index in [4.69, 9.17) is 5.11 Å². The van der Waals surface area contributed by atoms with Crippen LogP contribution in [0.1, 0.15) is 32.1 Å². The van der Waals surface area contributed by atoms with E-state index < -0.39 is 5.97 Å². The third kappa shape index (κ3) is 4.42. The van der Waals surface area contributed by atoms with Crippen LogP contribution in [0.25, 0.3) is 0 Å². The fourth-order valence-corrected chi connectivity index (χ4v) is 1.78. The van der Waals surface area contributed by atoms with Crippen molar-refractivity contribution in [1.82, 2.24) is 4.90 Å². The van der Waals surface area contributed by atoms with Gasteiger partial charge in [-0.25, -0.2) is 0 Å². The Hall–Kier alpha value is -0.830. The molecule has 0 fully saturated rings. The van der Waals surface area contributed by atoms with Gasteiger partial charge in [0.1, 0.15) is 0 Å². The fraction of sp³-hybridized carbons (Fsp3) is 0.727. The van der Waals surface area contributed by atoms with E-state index in [1.807, 2.05) is 11.9 Å². The summed E-state index contributed by atoms with van der Waals surface area (Å²) in [5.74, 6) is -0.745. The first-order chi connectivity index (χ1) is 6.68. The zero-order valence-electron chi connectivity index (χ0n) is 8.83. The van der Waals surface area contributed by atoms with Gasteiger partial charge in [0, 0.05) is 6.54 Å². The molecule has 80 valence electrons. The van der Waals surface area contributed by atoms with E-state index in [-0.39, 0.29) is 6.54 Å². The number of carboxylic acids is 1. The normalized spacial score (nSPS) is 16.9. The van der Waals surface area contributed by atoms with E-state index >= 15 is 0 Å². The van der Waals surface area contributed by atoms with Crippen LogP contribution >= 0.6 is 0 Å². The average molecular weight is 197 g/mol. The molecule has 0 aliphatic heterocycles. The molecule has 3 nitrogen and oxygen atoms in total. The number of carbonyl (C=O) groups is 1. The van der Waals surface area contributed by atoms with E-state index in [0.29, 0.717) is 0 Å². The zero-order chi connectivity index (χ0) is 10.4. The third-order valence-corrected chi connectivity index (χ3v) is 2.60. The summed E-state index contributed by atoms with van der Waals surface area (Å²) in [6.07, 6.45) is 8.38. The van der Waals surface area contributed by atoms with Crippen molar-refractivity contribution in [2.45, 2.75) is 32.1 Å². The molecule has 0 unspecified atom stereocenters. The molecule has 14 heavy (non-hydrogen) atoms. The van der Waals surface area contributed by atoms with Crippen LogP contribution < -0.4 is 0 Å². The highest BCUT2D eigenvalue weighted by atomic mass is 16.4. The monoisotopic (exact) mass is 197 g/mol. The van der Waals surface area contributed by atoms with Crippen molar-refractivity contribution in [2.75, 3.05) is 20.1 Å². The second-order valence-electron chi connectivity index (χ2n) is 3.99. The van der Waals surface area contributed by atoms with Crippen molar-refractivity contribution in [1.29, 1.82) is 0 Å². The zero-order valence-corrected chi connectivity index (χ0v) is 8.83. The lowest BCUT2D eigenvalue weighted by atomic mass is 9.97. The molecular formula is C11H19NO2. The number of rotatable bonds is 5. The van der Waals surface area contributed by atoms with Gasteiger partial charge in [-0.15, -0.1) is 0 Å². The lowest BCUT2D eigenvalue weighted by Crippen LogP contribution is -2.26. The SMILES string of the molecule is CN(CCC1=CCCCC1)CC(=O)O. The smallest absolute Gasteiger partial charge is 0.317 e. The highest BCUT2D eigenvalue weighted by Gasteiger charge is 2.07. The van der Waals surface area contributed by atoms with Gasteiger partial charge in [-0.1, -0.05) is 11.6 Å². The number of allylic oxidation sites excluding steroid dienone is 1. The number of hydrogen-bond acceptors (Lipinski definition) is 2. The number of aliphatic carboxylic acids is 1. The summed E-state index contributed by atoms with van der Waals surface area (Å²) in [6, 6.07) is 0. The summed E-state index contributed by atoms with van der Waals surface area (Å²) in [4.78, 5) is 12.3. The molecule has 0 aromatic rings. The molecular weight excluding hydrogens is 178 g/mol. The first-order valence-electron chi connectivity index (χ1n) is 5.26. The van der Waals surface area contributed by atoms with E-state index in [2.05, 4.69) is 6.08 Å². The molecule has 1 aliphatic rings. The predicted octanol–water partition coefficient (Wildman–Crippen LogP) is 1.89. The Kier molecular flexibility index (Phi) is 4.66. The van der Waals surface area contributed by atoms with Crippen molar-refractivity contribution in [3.8, 4) is 0 Å². The number of carboxylic acid groups (broad SMARTS) is 1. The highest BCUT2D eigenvalue weighted by molar-refractivity contribution is 5.68. The second kappa shape index (κ2) is 5.81. The topological polar surface area (TPSA) is 40.5 Å². The molecule has 3 heteroatoms. The lowest BCUT2D eigenvalue weighted by Gasteiger charge is -2.17. The van der Waals surface area contributed by atoms with Gasteiger partial charge in [0.15, 0.2) is 0 Å². The van der Waals surface area contributed by atoms with Gasteiger partial charge in [-0.05, 0) is 39.2 Å². The molecule has 0 aromatic carbocycles. The predicted molar refractivity (Wildman–Crippen MR) is 56.3 cm³/mol. The summed E-state index contributed by atoms with van der Waals surface area (Å²) in [7, 11) is 1.86. The van der Waals surface area contributed by atoms with Gasteiger partial charge < -0.3 is 5.11 Å². The molecule has 0 saturated carbocycles. The molecule has 0 bridgehead atoms. The van der Waals surface area contributed by atoms with Crippen LogP contribution in [0.5, 0.6) is 0 Å². The van der Waals surface area contributed by atoms with E-state index in [9.17, 15) is 4.79 Å². The van der Waals surface area contributed by atoms with Crippen molar-refractivity contribution in [3.63, 3.8) is 0 Å². The Morgan fingerprint density at radius 3 is 2.93 bits per heavy atom. The molecule has 0 heterocycles. The maximum absolute atomic E-state index is 10.4. The van der Waals surface area contributed by atoms with Crippen LogP contribution in [0.15, 0.2) is 11.6 Å². The Morgan fingerprint density at radius 2 is 2.36 bits per heavy atom. The van der Waals surface area contributed by atoms with E-state index in [1.165, 1.54) is 31.3 Å². The van der Waals surface area contributed by atoms with Crippen molar-refractivity contribution >= 4 is 5.97 Å². The molecule has 0 aromatic heterocycles. The van der Waals surface area contributed by atoms with Crippen LogP contribution in [-0.4, -0.2) is 36.1 Å². The molecule has 1 N–H and O–H groups in total. The first-order valence-corrected chi connectivity index (χ1v) is 5.26. The van der Waals surface area contributed by atoms with Crippen LogP contribution in [0.3, 0.4) is 0 Å². The molecule has 0 amide bonds. The minimum atomic E-state index is -0.745. The van der Waals surface area contributed by atoms with Crippen LogP contribution in [0.4, 0.5) is 0 Å². The minimum absolute atomic E-state index is 0.146. The standard InChI is InChI=1S/C11H19NO2/c1-12(9-11(13)14)8-7-10-5-3-2-4-6-10/h5H,2-4,6-9H2,1H3,(H,13,14). The van der Waals surface area contributed by atoms with Crippen LogP contribution in [0, 0.1) is 0 Å². The molecule has 0 atom stereocenters. The fourth-order valence-electron chi connectivity index (χ4n) is 1.78. The molecule has 0 saturated heterocycles. The summed E-state index contributed by atoms with van der Waals surface area (Å²) in [5, 5.41) is 8.56. The largest absolute Gasteiger partial charge is 0.480 e. The maximum atomic E-state index is 10.4. The Labute approximate surface area is 85.4 Å². The number of hydrogen-bond donors (Lipinski definition) is 1. The average Bonchev–Trinajstić information content (AvgIpc) is 2.15. The Balaban J connectivity index is 2.18. The van der Waals surface area contributed by atoms with Gasteiger partial charge in [-0.3, -0.25) is 9.69 Å². The van der Waals surface area contributed by atoms with Gasteiger partial charge in [0.05, 0.1) is 6.54 Å². The molecule has 1 rings (SSSR count). The lowest BCUT2D eigenvalue weighted by molar-refractivity contribution is -0.137. The van der Waals surface area contributed by atoms with Gasteiger partial charge >= 0.3 is 5.97 Å². The second-order valence-corrected chi connectivity index (χ2v) is 3.99. The van der Waals surface area contributed by atoms with Gasteiger partial charge in [-0.2, -0.15) is 0 Å². The Morgan fingerprint density at radius 1 is 1.57 bits per heavy atom. The van der Waals surface area contributed by atoms with Crippen molar-refractivity contribution in [3.05, 3.63) is 11.6 Å². The molecule has 1 aliphatic carbocycles. The van der Waals surface area contributed by atoms with E-state index in [1.54, 1.807) is 0 Å². The van der Waals surface area contributed by atoms with Crippen LogP contribution in [0.2, 0.25) is 0 Å².